The van der Waals surface area contributed by atoms with Crippen LogP contribution in [-0.4, -0.2) is 32.5 Å². The first-order valence-corrected chi connectivity index (χ1v) is 13.2. The normalized spacial score (nSPS) is 11.0. The number of rotatable bonds is 8. The van der Waals surface area contributed by atoms with Crippen LogP contribution in [0.4, 0.5) is 26.1 Å². The standard InChI is InChI=1S/C32H25F2N7O/c1-35-19-20-7-4-9-22(17-20)38-32-36-15-14-26(39-32)29-27-13-2-3-16-41(27)40-30(29)21-8-5-10-23(18-21)37-31(42)28-24(33)11-6-12-25(28)34/h2-18,35H,19H2,1H3,(H,37,42)(H,36,38,39). The molecule has 0 unspecified atom stereocenters. The first kappa shape index (κ1) is 26.7. The van der Waals surface area contributed by atoms with Gasteiger partial charge < -0.3 is 16.0 Å². The summed E-state index contributed by atoms with van der Waals surface area (Å²) in [5, 5.41) is 13.8. The molecule has 8 nitrogen and oxygen atoms in total. The van der Waals surface area contributed by atoms with Crippen LogP contribution in [0, 0.1) is 11.6 Å². The van der Waals surface area contributed by atoms with Gasteiger partial charge in [0.25, 0.3) is 5.91 Å². The Kier molecular flexibility index (Phi) is 7.35. The van der Waals surface area contributed by atoms with Gasteiger partial charge >= 0.3 is 0 Å². The average Bonchev–Trinajstić information content (AvgIpc) is 3.38. The monoisotopic (exact) mass is 561 g/mol. The molecule has 3 N–H and O–H groups in total. The number of carbonyl (C=O) groups is 1. The van der Waals surface area contributed by atoms with Crippen LogP contribution in [0.2, 0.25) is 0 Å². The number of aromatic nitrogens is 4. The van der Waals surface area contributed by atoms with Crippen molar-refractivity contribution in [3.63, 3.8) is 0 Å². The number of hydrogen-bond acceptors (Lipinski definition) is 6. The van der Waals surface area contributed by atoms with Gasteiger partial charge in [0.15, 0.2) is 0 Å². The van der Waals surface area contributed by atoms with Crippen molar-refractivity contribution in [3.8, 4) is 22.5 Å². The highest BCUT2D eigenvalue weighted by Crippen LogP contribution is 2.35. The molecule has 0 bridgehead atoms. The van der Waals surface area contributed by atoms with E-state index in [-0.39, 0.29) is 0 Å². The maximum atomic E-state index is 14.2. The third-order valence-electron chi connectivity index (χ3n) is 6.60. The number of anilines is 3. The van der Waals surface area contributed by atoms with E-state index < -0.39 is 23.1 Å². The summed E-state index contributed by atoms with van der Waals surface area (Å²) in [6, 6.07) is 25.7. The Morgan fingerprint density at radius 2 is 1.67 bits per heavy atom. The largest absolute Gasteiger partial charge is 0.324 e. The molecule has 3 heterocycles. The van der Waals surface area contributed by atoms with Crippen molar-refractivity contribution in [2.24, 2.45) is 0 Å². The summed E-state index contributed by atoms with van der Waals surface area (Å²) in [6.45, 7) is 0.733. The molecule has 3 aromatic carbocycles. The molecule has 0 radical (unpaired) electrons. The molecule has 0 spiro atoms. The number of benzene rings is 3. The van der Waals surface area contributed by atoms with Gasteiger partial charge in [0.1, 0.15) is 22.9 Å². The highest BCUT2D eigenvalue weighted by atomic mass is 19.1. The lowest BCUT2D eigenvalue weighted by atomic mass is 10.0. The van der Waals surface area contributed by atoms with Gasteiger partial charge in [-0.15, -0.1) is 0 Å². The van der Waals surface area contributed by atoms with E-state index in [0.29, 0.717) is 28.6 Å². The zero-order valence-corrected chi connectivity index (χ0v) is 22.5. The summed E-state index contributed by atoms with van der Waals surface area (Å²) in [4.78, 5) is 22.0. The predicted octanol–water partition coefficient (Wildman–Crippen LogP) is 6.45. The summed E-state index contributed by atoms with van der Waals surface area (Å²) >= 11 is 0. The van der Waals surface area contributed by atoms with Crippen LogP contribution >= 0.6 is 0 Å². The number of hydrogen-bond donors (Lipinski definition) is 3. The topological polar surface area (TPSA) is 96.2 Å². The zero-order valence-electron chi connectivity index (χ0n) is 22.5. The van der Waals surface area contributed by atoms with Gasteiger partial charge in [-0.25, -0.2) is 23.3 Å². The molecule has 0 aliphatic rings. The molecule has 6 rings (SSSR count). The minimum atomic E-state index is -0.937. The number of nitrogens with one attached hydrogen (secondary N) is 3. The number of carbonyl (C=O) groups excluding carboxylic acids is 1. The van der Waals surface area contributed by atoms with E-state index in [9.17, 15) is 13.6 Å². The smallest absolute Gasteiger partial charge is 0.261 e. The predicted molar refractivity (Wildman–Crippen MR) is 158 cm³/mol. The lowest BCUT2D eigenvalue weighted by molar-refractivity contribution is 0.101. The molecule has 1 amide bonds. The Hall–Kier alpha value is -5.48. The SMILES string of the molecule is CNCc1cccc(Nc2nccc(-c3c(-c4cccc(NC(=O)c5c(F)cccc5F)c4)nn4ccccc34)n2)c1. The fraction of sp³-hybridized carbons (Fsp3) is 0.0625. The number of halogens is 2. The Morgan fingerprint density at radius 1 is 0.881 bits per heavy atom. The molecule has 0 atom stereocenters. The van der Waals surface area contributed by atoms with Gasteiger partial charge in [0, 0.05) is 35.9 Å². The van der Waals surface area contributed by atoms with Gasteiger partial charge in [-0.05, 0) is 67.2 Å². The first-order chi connectivity index (χ1) is 20.5. The summed E-state index contributed by atoms with van der Waals surface area (Å²) in [5.74, 6) is -2.34. The van der Waals surface area contributed by atoms with Gasteiger partial charge in [0.05, 0.1) is 16.8 Å². The van der Waals surface area contributed by atoms with E-state index in [4.69, 9.17) is 10.1 Å². The first-order valence-electron chi connectivity index (χ1n) is 13.2. The molecule has 0 aliphatic carbocycles. The Labute approximate surface area is 240 Å². The maximum absolute atomic E-state index is 14.2. The van der Waals surface area contributed by atoms with Crippen LogP contribution in [0.1, 0.15) is 15.9 Å². The molecule has 0 fully saturated rings. The van der Waals surface area contributed by atoms with E-state index in [1.54, 1.807) is 28.9 Å². The van der Waals surface area contributed by atoms with Crippen LogP contribution in [0.5, 0.6) is 0 Å². The van der Waals surface area contributed by atoms with Crippen molar-refractivity contribution < 1.29 is 13.6 Å². The molecular weight excluding hydrogens is 536 g/mol. The minimum absolute atomic E-state index is 0.356. The van der Waals surface area contributed by atoms with Crippen LogP contribution < -0.4 is 16.0 Å². The third kappa shape index (κ3) is 5.43. The van der Waals surface area contributed by atoms with Gasteiger partial charge in [0.2, 0.25) is 5.95 Å². The van der Waals surface area contributed by atoms with Crippen molar-refractivity contribution in [2.75, 3.05) is 17.7 Å². The average molecular weight is 562 g/mol. The van der Waals surface area contributed by atoms with Crippen molar-refractivity contribution in [1.29, 1.82) is 0 Å². The van der Waals surface area contributed by atoms with Crippen molar-refractivity contribution in [1.82, 2.24) is 24.9 Å². The molecule has 0 saturated carbocycles. The number of amides is 1. The second kappa shape index (κ2) is 11.6. The van der Waals surface area contributed by atoms with E-state index in [1.807, 2.05) is 67.8 Å². The second-order valence-electron chi connectivity index (χ2n) is 9.51. The lowest BCUT2D eigenvalue weighted by Crippen LogP contribution is -2.15. The van der Waals surface area contributed by atoms with Gasteiger partial charge in [-0.3, -0.25) is 4.79 Å². The second-order valence-corrected chi connectivity index (χ2v) is 9.51. The third-order valence-corrected chi connectivity index (χ3v) is 6.60. The molecule has 0 saturated heterocycles. The summed E-state index contributed by atoms with van der Waals surface area (Å²) in [7, 11) is 1.90. The van der Waals surface area contributed by atoms with Crippen molar-refractivity contribution in [3.05, 3.63) is 126 Å². The maximum Gasteiger partial charge on any atom is 0.261 e. The highest BCUT2D eigenvalue weighted by Gasteiger charge is 2.20. The van der Waals surface area contributed by atoms with Gasteiger partial charge in [-0.1, -0.05) is 36.4 Å². The molecule has 3 aromatic heterocycles. The van der Waals surface area contributed by atoms with Crippen LogP contribution in [-0.2, 0) is 6.54 Å². The Balaban J connectivity index is 1.37. The van der Waals surface area contributed by atoms with E-state index >= 15 is 0 Å². The van der Waals surface area contributed by atoms with Crippen molar-refractivity contribution in [2.45, 2.75) is 6.54 Å². The van der Waals surface area contributed by atoms with E-state index in [0.717, 1.165) is 41.0 Å². The van der Waals surface area contributed by atoms with Gasteiger partial charge in [-0.2, -0.15) is 5.10 Å². The molecular formula is C32H25F2N7O. The quantitative estimate of drug-likeness (QED) is 0.198. The highest BCUT2D eigenvalue weighted by molar-refractivity contribution is 6.05. The summed E-state index contributed by atoms with van der Waals surface area (Å²) in [6.07, 6.45) is 3.51. The Bertz CT molecular complexity index is 1900. The van der Waals surface area contributed by atoms with Crippen LogP contribution in [0.25, 0.3) is 28.0 Å². The Morgan fingerprint density at radius 3 is 2.50 bits per heavy atom. The molecule has 6 aromatic rings. The van der Waals surface area contributed by atoms with Crippen LogP contribution in [0.15, 0.2) is 103 Å². The fourth-order valence-electron chi connectivity index (χ4n) is 4.76. The fourth-order valence-corrected chi connectivity index (χ4v) is 4.76. The molecule has 208 valence electrons. The number of nitrogens with zero attached hydrogens (tertiary/aromatic N) is 4. The summed E-state index contributed by atoms with van der Waals surface area (Å²) < 4.78 is 30.1. The minimum Gasteiger partial charge on any atom is -0.324 e. The van der Waals surface area contributed by atoms with Crippen LogP contribution in [0.3, 0.4) is 0 Å². The molecule has 42 heavy (non-hydrogen) atoms. The lowest BCUT2D eigenvalue weighted by Gasteiger charge is -2.10. The molecule has 0 aliphatic heterocycles. The van der Waals surface area contributed by atoms with E-state index in [1.165, 1.54) is 6.07 Å². The number of pyridine rings is 1. The number of fused-ring (bicyclic) bond motifs is 1. The molecule has 10 heteroatoms. The van der Waals surface area contributed by atoms with Crippen molar-refractivity contribution >= 4 is 28.7 Å². The zero-order chi connectivity index (χ0) is 29.1. The summed E-state index contributed by atoms with van der Waals surface area (Å²) in [5.41, 5.74) is 5.18. The van der Waals surface area contributed by atoms with E-state index in [2.05, 4.69) is 20.9 Å².